The third kappa shape index (κ3) is 3.88. The summed E-state index contributed by atoms with van der Waals surface area (Å²) in [6, 6.07) is 20.3. The Morgan fingerprint density at radius 3 is 2.41 bits per heavy atom. The molecule has 3 nitrogen and oxygen atoms in total. The van der Waals surface area contributed by atoms with Gasteiger partial charge in [-0.05, 0) is 37.0 Å². The van der Waals surface area contributed by atoms with Crippen LogP contribution in [0.4, 0.5) is 5.69 Å². The molecule has 1 saturated carbocycles. The summed E-state index contributed by atoms with van der Waals surface area (Å²) in [6.07, 6.45) is 2.76. The van der Waals surface area contributed by atoms with Crippen LogP contribution in [0, 0.1) is 5.92 Å². The highest BCUT2D eigenvalue weighted by Crippen LogP contribution is 2.29. The van der Waals surface area contributed by atoms with Crippen LogP contribution in [-0.2, 0) is 16.1 Å². The lowest BCUT2D eigenvalue weighted by atomic mass is 10.1. The van der Waals surface area contributed by atoms with Gasteiger partial charge < -0.3 is 10.1 Å². The summed E-state index contributed by atoms with van der Waals surface area (Å²) >= 11 is 0. The largest absolute Gasteiger partial charge is 0.461 e. The monoisotopic (exact) mass is 295 g/mol. The number of carbonyl (C=O) groups excluding carboxylic acids is 1. The number of hydrogen-bond donors (Lipinski definition) is 1. The summed E-state index contributed by atoms with van der Waals surface area (Å²) in [5, 5.41) is 3.49. The van der Waals surface area contributed by atoms with Crippen LogP contribution >= 0.6 is 0 Å². The van der Waals surface area contributed by atoms with Crippen molar-refractivity contribution in [2.75, 3.05) is 5.32 Å². The lowest BCUT2D eigenvalue weighted by molar-refractivity contribution is -0.149. The predicted octanol–water partition coefficient (Wildman–Crippen LogP) is 4.01. The average molecular weight is 295 g/mol. The first-order chi connectivity index (χ1) is 10.8. The van der Waals surface area contributed by atoms with Gasteiger partial charge >= 0.3 is 5.97 Å². The van der Waals surface area contributed by atoms with E-state index in [1.807, 2.05) is 48.5 Å². The normalized spacial score (nSPS) is 20.5. The molecular formula is C19H21NO2. The Balaban J connectivity index is 1.46. The molecule has 2 aromatic carbocycles. The maximum absolute atomic E-state index is 12.2. The van der Waals surface area contributed by atoms with E-state index in [4.69, 9.17) is 4.74 Å². The average Bonchev–Trinajstić information content (AvgIpc) is 3.03. The van der Waals surface area contributed by atoms with Crippen molar-refractivity contribution in [1.29, 1.82) is 0 Å². The Bertz CT molecular complexity index is 597. The van der Waals surface area contributed by atoms with Crippen molar-refractivity contribution in [3.63, 3.8) is 0 Å². The summed E-state index contributed by atoms with van der Waals surface area (Å²) in [5.41, 5.74) is 2.15. The number of esters is 1. The van der Waals surface area contributed by atoms with Crippen molar-refractivity contribution >= 4 is 11.7 Å². The van der Waals surface area contributed by atoms with Crippen LogP contribution in [0.15, 0.2) is 60.7 Å². The zero-order chi connectivity index (χ0) is 15.2. The Hall–Kier alpha value is -2.29. The van der Waals surface area contributed by atoms with Crippen molar-refractivity contribution in [3.8, 4) is 0 Å². The van der Waals surface area contributed by atoms with Crippen LogP contribution in [0.2, 0.25) is 0 Å². The van der Waals surface area contributed by atoms with E-state index in [-0.39, 0.29) is 11.9 Å². The van der Waals surface area contributed by atoms with Gasteiger partial charge in [0.2, 0.25) is 0 Å². The van der Waals surface area contributed by atoms with Crippen molar-refractivity contribution < 1.29 is 9.53 Å². The fourth-order valence-corrected chi connectivity index (χ4v) is 2.94. The van der Waals surface area contributed by atoms with Crippen molar-refractivity contribution in [1.82, 2.24) is 0 Å². The van der Waals surface area contributed by atoms with Crippen molar-refractivity contribution in [2.24, 2.45) is 5.92 Å². The molecule has 3 rings (SSSR count). The summed E-state index contributed by atoms with van der Waals surface area (Å²) in [4.78, 5) is 12.2. The molecule has 2 aromatic rings. The summed E-state index contributed by atoms with van der Waals surface area (Å²) in [7, 11) is 0. The van der Waals surface area contributed by atoms with Gasteiger partial charge in [-0.3, -0.25) is 4.79 Å². The number of rotatable bonds is 5. The summed E-state index contributed by atoms with van der Waals surface area (Å²) in [5.74, 6) is -0.0499. The fourth-order valence-electron chi connectivity index (χ4n) is 2.94. The minimum atomic E-state index is -0.0683. The van der Waals surface area contributed by atoms with E-state index < -0.39 is 0 Å². The predicted molar refractivity (Wildman–Crippen MR) is 87.4 cm³/mol. The molecule has 1 N–H and O–H groups in total. The number of carbonyl (C=O) groups is 1. The molecule has 1 fully saturated rings. The maximum Gasteiger partial charge on any atom is 0.309 e. The van der Waals surface area contributed by atoms with Gasteiger partial charge in [-0.2, -0.15) is 0 Å². The molecule has 0 saturated heterocycles. The van der Waals surface area contributed by atoms with Gasteiger partial charge in [-0.25, -0.2) is 0 Å². The third-order valence-electron chi connectivity index (χ3n) is 4.13. The standard InChI is InChI=1S/C19H21NO2/c21-19(22-14-15-7-3-1-4-8-15)16-11-12-18(13-16)20-17-9-5-2-6-10-17/h1-10,16,18,20H,11-14H2. The van der Waals surface area contributed by atoms with Gasteiger partial charge in [0.1, 0.15) is 6.61 Å². The molecule has 0 aliphatic heterocycles. The summed E-state index contributed by atoms with van der Waals surface area (Å²) in [6.45, 7) is 0.368. The van der Waals surface area contributed by atoms with Crippen molar-refractivity contribution in [3.05, 3.63) is 66.2 Å². The first-order valence-electron chi connectivity index (χ1n) is 7.83. The Kier molecular flexibility index (Phi) is 4.74. The number of benzene rings is 2. The van der Waals surface area contributed by atoms with E-state index in [2.05, 4.69) is 17.4 Å². The molecule has 0 amide bonds. The van der Waals surface area contributed by atoms with Gasteiger partial charge in [-0.1, -0.05) is 48.5 Å². The molecule has 0 bridgehead atoms. The van der Waals surface area contributed by atoms with Crippen LogP contribution in [0.5, 0.6) is 0 Å². The molecule has 114 valence electrons. The second kappa shape index (κ2) is 7.12. The van der Waals surface area contributed by atoms with Gasteiger partial charge in [0.25, 0.3) is 0 Å². The number of anilines is 1. The highest BCUT2D eigenvalue weighted by Gasteiger charge is 2.30. The van der Waals surface area contributed by atoms with E-state index >= 15 is 0 Å². The van der Waals surface area contributed by atoms with Crippen LogP contribution in [0.3, 0.4) is 0 Å². The van der Waals surface area contributed by atoms with E-state index in [0.29, 0.717) is 12.6 Å². The zero-order valence-corrected chi connectivity index (χ0v) is 12.6. The summed E-state index contributed by atoms with van der Waals surface area (Å²) < 4.78 is 5.44. The highest BCUT2D eigenvalue weighted by molar-refractivity contribution is 5.73. The second-order valence-electron chi connectivity index (χ2n) is 5.81. The van der Waals surface area contributed by atoms with Gasteiger partial charge in [0.15, 0.2) is 0 Å². The van der Waals surface area contributed by atoms with E-state index in [0.717, 1.165) is 30.5 Å². The molecule has 0 aromatic heterocycles. The van der Waals surface area contributed by atoms with Gasteiger partial charge in [0.05, 0.1) is 5.92 Å². The van der Waals surface area contributed by atoms with E-state index in [1.165, 1.54) is 0 Å². The maximum atomic E-state index is 12.2. The molecule has 2 unspecified atom stereocenters. The quantitative estimate of drug-likeness (QED) is 0.847. The van der Waals surface area contributed by atoms with Crippen LogP contribution in [0.1, 0.15) is 24.8 Å². The minimum absolute atomic E-state index is 0.0184. The molecule has 0 spiro atoms. The SMILES string of the molecule is O=C(OCc1ccccc1)C1CCC(Nc2ccccc2)C1. The Labute approximate surface area is 131 Å². The lowest BCUT2D eigenvalue weighted by Crippen LogP contribution is -2.19. The number of ether oxygens (including phenoxy) is 1. The lowest BCUT2D eigenvalue weighted by Gasteiger charge is -2.14. The first-order valence-corrected chi connectivity index (χ1v) is 7.83. The number of hydrogen-bond acceptors (Lipinski definition) is 3. The molecule has 22 heavy (non-hydrogen) atoms. The Morgan fingerprint density at radius 1 is 1.00 bits per heavy atom. The molecule has 1 aliphatic carbocycles. The highest BCUT2D eigenvalue weighted by atomic mass is 16.5. The molecule has 3 heteroatoms. The zero-order valence-electron chi connectivity index (χ0n) is 12.6. The van der Waals surface area contributed by atoms with E-state index in [1.54, 1.807) is 0 Å². The van der Waals surface area contributed by atoms with Crippen molar-refractivity contribution in [2.45, 2.75) is 31.9 Å². The minimum Gasteiger partial charge on any atom is -0.461 e. The van der Waals surface area contributed by atoms with Crippen LogP contribution in [0.25, 0.3) is 0 Å². The molecule has 0 radical (unpaired) electrons. The number of para-hydroxylation sites is 1. The number of nitrogens with one attached hydrogen (secondary N) is 1. The van der Waals surface area contributed by atoms with Crippen LogP contribution in [-0.4, -0.2) is 12.0 Å². The first kappa shape index (κ1) is 14.6. The van der Waals surface area contributed by atoms with Gasteiger partial charge in [-0.15, -0.1) is 0 Å². The third-order valence-corrected chi connectivity index (χ3v) is 4.13. The van der Waals surface area contributed by atoms with E-state index in [9.17, 15) is 4.79 Å². The smallest absolute Gasteiger partial charge is 0.309 e. The molecule has 2 atom stereocenters. The van der Waals surface area contributed by atoms with Crippen LogP contribution < -0.4 is 5.32 Å². The second-order valence-corrected chi connectivity index (χ2v) is 5.81. The fraction of sp³-hybridized carbons (Fsp3) is 0.316. The Morgan fingerprint density at radius 2 is 1.68 bits per heavy atom. The molecule has 1 aliphatic rings. The molecular weight excluding hydrogens is 274 g/mol. The van der Waals surface area contributed by atoms with Gasteiger partial charge in [0, 0.05) is 11.7 Å². The molecule has 0 heterocycles. The topological polar surface area (TPSA) is 38.3 Å².